The average Bonchev–Trinajstić information content (AvgIpc) is 2.36. The van der Waals surface area contributed by atoms with E-state index in [2.05, 4.69) is 19.2 Å². The molecule has 0 heterocycles. The lowest BCUT2D eigenvalue weighted by Gasteiger charge is -2.38. The SMILES string of the molecule is CCC(CC(=O)O)NC(=O)N(C)C1CCC(C)(C)CC1. The van der Waals surface area contributed by atoms with Crippen molar-refractivity contribution in [3.63, 3.8) is 0 Å². The minimum absolute atomic E-state index is 0.0201. The zero-order valence-electron chi connectivity index (χ0n) is 13.1. The number of nitrogens with one attached hydrogen (secondary N) is 1. The van der Waals surface area contributed by atoms with E-state index in [0.717, 1.165) is 25.7 Å². The van der Waals surface area contributed by atoms with Gasteiger partial charge in [0.25, 0.3) is 0 Å². The maximum atomic E-state index is 12.2. The van der Waals surface area contributed by atoms with Gasteiger partial charge in [-0.15, -0.1) is 0 Å². The Balaban J connectivity index is 2.48. The fourth-order valence-electron chi connectivity index (χ4n) is 2.72. The van der Waals surface area contributed by atoms with Crippen LogP contribution in [0.25, 0.3) is 0 Å². The summed E-state index contributed by atoms with van der Waals surface area (Å²) in [5, 5.41) is 11.6. The normalized spacial score (nSPS) is 20.2. The second kappa shape index (κ2) is 6.95. The van der Waals surface area contributed by atoms with Gasteiger partial charge in [0.05, 0.1) is 6.42 Å². The Morgan fingerprint density at radius 3 is 2.35 bits per heavy atom. The molecule has 0 radical (unpaired) electrons. The summed E-state index contributed by atoms with van der Waals surface area (Å²) in [6, 6.07) is -0.171. The molecule has 1 saturated carbocycles. The minimum Gasteiger partial charge on any atom is -0.481 e. The van der Waals surface area contributed by atoms with E-state index in [1.54, 1.807) is 4.90 Å². The summed E-state index contributed by atoms with van der Waals surface area (Å²) < 4.78 is 0. The maximum absolute atomic E-state index is 12.2. The van der Waals surface area contributed by atoms with Gasteiger partial charge in [0.2, 0.25) is 0 Å². The Bertz CT molecular complexity index is 345. The summed E-state index contributed by atoms with van der Waals surface area (Å²) in [6.07, 6.45) is 4.90. The summed E-state index contributed by atoms with van der Waals surface area (Å²) in [5.74, 6) is -0.876. The highest BCUT2D eigenvalue weighted by molar-refractivity contribution is 5.76. The molecule has 0 saturated heterocycles. The van der Waals surface area contributed by atoms with Crippen LogP contribution in [-0.2, 0) is 4.79 Å². The highest BCUT2D eigenvalue weighted by atomic mass is 16.4. The molecule has 1 unspecified atom stereocenters. The fourth-order valence-corrected chi connectivity index (χ4v) is 2.72. The molecule has 0 aromatic carbocycles. The first-order valence-electron chi connectivity index (χ1n) is 7.50. The van der Waals surface area contributed by atoms with Crippen LogP contribution in [0.2, 0.25) is 0 Å². The third kappa shape index (κ3) is 5.02. The zero-order chi connectivity index (χ0) is 15.3. The first kappa shape index (κ1) is 16.8. The Morgan fingerprint density at radius 2 is 1.90 bits per heavy atom. The van der Waals surface area contributed by atoms with Gasteiger partial charge in [0, 0.05) is 19.1 Å². The number of rotatable bonds is 5. The van der Waals surface area contributed by atoms with E-state index in [1.807, 2.05) is 14.0 Å². The first-order chi connectivity index (χ1) is 9.25. The lowest BCUT2D eigenvalue weighted by Crippen LogP contribution is -2.49. The Labute approximate surface area is 121 Å². The van der Waals surface area contributed by atoms with Crippen molar-refractivity contribution >= 4 is 12.0 Å². The molecule has 5 heteroatoms. The molecule has 0 aromatic rings. The number of carbonyl (C=O) groups is 2. The quantitative estimate of drug-likeness (QED) is 0.815. The lowest BCUT2D eigenvalue weighted by atomic mass is 9.75. The Kier molecular flexibility index (Phi) is 5.84. The molecule has 1 rings (SSSR count). The number of carbonyl (C=O) groups excluding carboxylic acids is 1. The number of aliphatic carboxylic acids is 1. The Morgan fingerprint density at radius 1 is 1.35 bits per heavy atom. The number of carboxylic acid groups (broad SMARTS) is 1. The highest BCUT2D eigenvalue weighted by Crippen LogP contribution is 2.36. The number of amides is 2. The summed E-state index contributed by atoms with van der Waals surface area (Å²) in [6.45, 7) is 6.42. The van der Waals surface area contributed by atoms with E-state index in [0.29, 0.717) is 11.8 Å². The second-order valence-electron chi connectivity index (χ2n) is 6.66. The molecule has 2 N–H and O–H groups in total. The van der Waals surface area contributed by atoms with Gasteiger partial charge in [0.15, 0.2) is 0 Å². The molecule has 0 spiro atoms. The van der Waals surface area contributed by atoms with Crippen LogP contribution in [0.4, 0.5) is 4.79 Å². The van der Waals surface area contributed by atoms with E-state index in [-0.39, 0.29) is 24.5 Å². The van der Waals surface area contributed by atoms with E-state index < -0.39 is 5.97 Å². The number of urea groups is 1. The van der Waals surface area contributed by atoms with Gasteiger partial charge in [-0.05, 0) is 37.5 Å². The van der Waals surface area contributed by atoms with Crippen molar-refractivity contribution < 1.29 is 14.7 Å². The summed E-state index contributed by atoms with van der Waals surface area (Å²) in [4.78, 5) is 24.7. The first-order valence-corrected chi connectivity index (χ1v) is 7.50. The van der Waals surface area contributed by atoms with Crippen LogP contribution in [0.5, 0.6) is 0 Å². The molecule has 0 aliphatic heterocycles. The molecular weight excluding hydrogens is 256 g/mol. The summed E-state index contributed by atoms with van der Waals surface area (Å²) in [7, 11) is 1.81. The van der Waals surface area contributed by atoms with Gasteiger partial charge < -0.3 is 15.3 Å². The molecule has 5 nitrogen and oxygen atoms in total. The van der Waals surface area contributed by atoms with Crippen LogP contribution in [-0.4, -0.2) is 41.1 Å². The van der Waals surface area contributed by atoms with Crippen molar-refractivity contribution in [1.82, 2.24) is 10.2 Å². The monoisotopic (exact) mass is 284 g/mol. The largest absolute Gasteiger partial charge is 0.481 e. The van der Waals surface area contributed by atoms with Gasteiger partial charge >= 0.3 is 12.0 Å². The van der Waals surface area contributed by atoms with Crippen LogP contribution < -0.4 is 5.32 Å². The third-order valence-electron chi connectivity index (χ3n) is 4.42. The second-order valence-corrected chi connectivity index (χ2v) is 6.66. The van der Waals surface area contributed by atoms with E-state index >= 15 is 0 Å². The smallest absolute Gasteiger partial charge is 0.317 e. The molecule has 1 fully saturated rings. The van der Waals surface area contributed by atoms with Crippen LogP contribution >= 0.6 is 0 Å². The van der Waals surface area contributed by atoms with E-state index in [4.69, 9.17) is 5.11 Å². The minimum atomic E-state index is -0.876. The van der Waals surface area contributed by atoms with Gasteiger partial charge in [-0.3, -0.25) is 4.79 Å². The predicted octanol–water partition coefficient (Wildman–Crippen LogP) is 2.85. The highest BCUT2D eigenvalue weighted by Gasteiger charge is 2.31. The third-order valence-corrected chi connectivity index (χ3v) is 4.42. The van der Waals surface area contributed by atoms with Crippen molar-refractivity contribution in [2.24, 2.45) is 5.41 Å². The molecule has 20 heavy (non-hydrogen) atoms. The van der Waals surface area contributed by atoms with E-state index in [1.165, 1.54) is 0 Å². The topological polar surface area (TPSA) is 69.6 Å². The molecule has 2 amide bonds. The molecule has 1 atom stereocenters. The zero-order valence-corrected chi connectivity index (χ0v) is 13.1. The number of nitrogens with zero attached hydrogens (tertiary/aromatic N) is 1. The van der Waals surface area contributed by atoms with Gasteiger partial charge in [-0.1, -0.05) is 20.8 Å². The van der Waals surface area contributed by atoms with Crippen LogP contribution in [0, 0.1) is 5.41 Å². The van der Waals surface area contributed by atoms with Crippen molar-refractivity contribution in [2.45, 2.75) is 71.4 Å². The average molecular weight is 284 g/mol. The fraction of sp³-hybridized carbons (Fsp3) is 0.867. The van der Waals surface area contributed by atoms with Gasteiger partial charge in [-0.2, -0.15) is 0 Å². The molecule has 1 aliphatic rings. The number of hydrogen-bond donors (Lipinski definition) is 2. The molecule has 116 valence electrons. The molecule has 0 bridgehead atoms. The van der Waals surface area contributed by atoms with Gasteiger partial charge in [0.1, 0.15) is 0 Å². The van der Waals surface area contributed by atoms with Crippen molar-refractivity contribution in [1.29, 1.82) is 0 Å². The summed E-state index contributed by atoms with van der Waals surface area (Å²) in [5.41, 5.74) is 0.378. The van der Waals surface area contributed by atoms with Crippen molar-refractivity contribution in [3.8, 4) is 0 Å². The Hall–Kier alpha value is -1.26. The van der Waals surface area contributed by atoms with Crippen LogP contribution in [0.1, 0.15) is 59.3 Å². The van der Waals surface area contributed by atoms with E-state index in [9.17, 15) is 9.59 Å². The van der Waals surface area contributed by atoms with Gasteiger partial charge in [-0.25, -0.2) is 4.79 Å². The number of hydrogen-bond acceptors (Lipinski definition) is 2. The molecular formula is C15H28N2O3. The molecule has 1 aliphatic carbocycles. The van der Waals surface area contributed by atoms with Crippen molar-refractivity contribution in [2.75, 3.05) is 7.05 Å². The van der Waals surface area contributed by atoms with Crippen molar-refractivity contribution in [3.05, 3.63) is 0 Å². The predicted molar refractivity (Wildman–Crippen MR) is 78.7 cm³/mol. The standard InChI is InChI=1S/C15H28N2O3/c1-5-11(10-13(18)19)16-14(20)17(4)12-6-8-15(2,3)9-7-12/h11-12H,5-10H2,1-4H3,(H,16,20)(H,18,19). The molecule has 0 aromatic heterocycles. The maximum Gasteiger partial charge on any atom is 0.317 e. The lowest BCUT2D eigenvalue weighted by molar-refractivity contribution is -0.137. The van der Waals surface area contributed by atoms with Crippen LogP contribution in [0.3, 0.4) is 0 Å². The number of carboxylic acids is 1. The van der Waals surface area contributed by atoms with Crippen LogP contribution in [0.15, 0.2) is 0 Å². The summed E-state index contributed by atoms with van der Waals surface area (Å²) >= 11 is 0.